The molecule has 2 bridgehead atoms. The van der Waals surface area contributed by atoms with Crippen molar-refractivity contribution in [2.75, 3.05) is 18.5 Å². The molecule has 1 saturated carbocycles. The molecule has 8 nitrogen and oxygen atoms in total. The van der Waals surface area contributed by atoms with Crippen LogP contribution in [0.5, 0.6) is 11.5 Å². The molecule has 2 N–H and O–H groups in total. The molecule has 2 aromatic rings. The molecular formula is C25H27NO7. The van der Waals surface area contributed by atoms with Gasteiger partial charge in [0, 0.05) is 5.41 Å². The maximum Gasteiger partial charge on any atom is 0.335 e. The number of rotatable bonds is 8. The lowest BCUT2D eigenvalue weighted by molar-refractivity contribution is -0.165. The van der Waals surface area contributed by atoms with Crippen molar-refractivity contribution in [1.29, 1.82) is 0 Å². The van der Waals surface area contributed by atoms with Crippen LogP contribution in [0, 0.1) is 10.8 Å². The van der Waals surface area contributed by atoms with Crippen molar-refractivity contribution in [3.05, 3.63) is 54.1 Å². The fraction of sp³-hybridized carbons (Fsp3) is 0.400. The Labute approximate surface area is 191 Å². The molecule has 0 radical (unpaired) electrons. The Morgan fingerprint density at radius 3 is 2.27 bits per heavy atom. The van der Waals surface area contributed by atoms with Crippen LogP contribution < -0.4 is 14.8 Å². The molecular weight excluding hydrogens is 426 g/mol. The van der Waals surface area contributed by atoms with Gasteiger partial charge in [-0.1, -0.05) is 26.0 Å². The predicted molar refractivity (Wildman–Crippen MR) is 119 cm³/mol. The number of hydrogen-bond acceptors (Lipinski definition) is 6. The van der Waals surface area contributed by atoms with Gasteiger partial charge in [-0.05, 0) is 56.2 Å². The number of esters is 1. The number of fused-ring (bicyclic) bond motifs is 2. The van der Waals surface area contributed by atoms with Crippen molar-refractivity contribution >= 4 is 23.5 Å². The summed E-state index contributed by atoms with van der Waals surface area (Å²) in [4.78, 5) is 36.7. The highest BCUT2D eigenvalue weighted by atomic mass is 16.6. The number of hydrogen-bond donors (Lipinski definition) is 2. The van der Waals surface area contributed by atoms with Crippen molar-refractivity contribution in [2.24, 2.45) is 10.8 Å². The Bertz CT molecular complexity index is 1090. The Hall–Kier alpha value is -3.55. The van der Waals surface area contributed by atoms with Crippen molar-refractivity contribution < 1.29 is 33.7 Å². The number of ether oxygens (including phenoxy) is 3. The van der Waals surface area contributed by atoms with E-state index in [1.54, 1.807) is 36.4 Å². The van der Waals surface area contributed by atoms with E-state index in [0.717, 1.165) is 0 Å². The minimum Gasteiger partial charge on any atom is -0.490 e. The molecule has 1 heterocycles. The number of carbonyl (C=O) groups is 3. The van der Waals surface area contributed by atoms with Crippen molar-refractivity contribution in [1.82, 2.24) is 0 Å². The number of amides is 1. The van der Waals surface area contributed by atoms with Crippen LogP contribution in [0.25, 0.3) is 0 Å². The third-order valence-corrected chi connectivity index (χ3v) is 7.30. The Balaban J connectivity index is 1.38. The van der Waals surface area contributed by atoms with Crippen LogP contribution in [-0.2, 0) is 14.3 Å². The van der Waals surface area contributed by atoms with E-state index in [1.807, 2.05) is 20.8 Å². The van der Waals surface area contributed by atoms with E-state index in [1.165, 1.54) is 12.1 Å². The quantitative estimate of drug-likeness (QED) is 0.461. The summed E-state index contributed by atoms with van der Waals surface area (Å²) >= 11 is 0. The zero-order chi connectivity index (χ0) is 23.9. The van der Waals surface area contributed by atoms with Crippen LogP contribution in [0.15, 0.2) is 48.5 Å². The van der Waals surface area contributed by atoms with Crippen LogP contribution in [0.2, 0.25) is 0 Å². The molecule has 2 fully saturated rings. The van der Waals surface area contributed by atoms with E-state index in [-0.39, 0.29) is 30.7 Å². The summed E-state index contributed by atoms with van der Waals surface area (Å²) in [5.41, 5.74) is -1.87. The normalized spacial score (nSPS) is 24.8. The molecule has 0 spiro atoms. The van der Waals surface area contributed by atoms with Crippen LogP contribution in [0.4, 0.5) is 5.69 Å². The van der Waals surface area contributed by atoms with Crippen LogP contribution in [0.3, 0.4) is 0 Å². The van der Waals surface area contributed by atoms with Crippen molar-refractivity contribution in [3.63, 3.8) is 0 Å². The summed E-state index contributed by atoms with van der Waals surface area (Å²) in [5.74, 6) is -0.685. The highest BCUT2D eigenvalue weighted by Crippen LogP contribution is 2.65. The fourth-order valence-corrected chi connectivity index (χ4v) is 4.67. The van der Waals surface area contributed by atoms with E-state index in [4.69, 9.17) is 19.3 Å². The first-order chi connectivity index (χ1) is 15.6. The minimum absolute atomic E-state index is 0.182. The summed E-state index contributed by atoms with van der Waals surface area (Å²) < 4.78 is 17.1. The summed E-state index contributed by atoms with van der Waals surface area (Å²) in [6.07, 6.45) is 1.08. The Morgan fingerprint density at radius 1 is 1.00 bits per heavy atom. The second-order valence-corrected chi connectivity index (χ2v) is 9.15. The smallest absolute Gasteiger partial charge is 0.335 e. The van der Waals surface area contributed by atoms with E-state index < -0.39 is 22.4 Å². The lowest BCUT2D eigenvalue weighted by atomic mass is 9.66. The SMILES string of the molecule is CC1(C)[C@@]2(C)CC[C@]1(C(=O)Nc1ccccc1OCCOc1ccc(C(=O)O)cc1)OC2=O. The number of benzene rings is 2. The van der Waals surface area contributed by atoms with Gasteiger partial charge in [-0.25, -0.2) is 4.79 Å². The lowest BCUT2D eigenvalue weighted by Crippen LogP contribution is -2.50. The van der Waals surface area contributed by atoms with Crippen LogP contribution in [-0.4, -0.2) is 41.8 Å². The monoisotopic (exact) mass is 453 g/mol. The minimum atomic E-state index is -1.21. The number of para-hydroxylation sites is 2. The van der Waals surface area contributed by atoms with Crippen molar-refractivity contribution in [3.8, 4) is 11.5 Å². The lowest BCUT2D eigenvalue weighted by Gasteiger charge is -2.35. The van der Waals surface area contributed by atoms with E-state index in [2.05, 4.69) is 5.32 Å². The van der Waals surface area contributed by atoms with Gasteiger partial charge in [0.25, 0.3) is 5.91 Å². The van der Waals surface area contributed by atoms with Gasteiger partial charge < -0.3 is 24.6 Å². The topological polar surface area (TPSA) is 111 Å². The standard InChI is InChI=1S/C25H27NO7/c1-23(2)24(3)12-13-25(23,33-22(24)30)21(29)26-18-6-4-5-7-19(18)32-15-14-31-17-10-8-16(9-11-17)20(27)28/h4-11H,12-15H2,1-3H3,(H,26,29)(H,27,28)/t24-,25+/m0/s1. The Morgan fingerprint density at radius 2 is 1.67 bits per heavy atom. The average molecular weight is 453 g/mol. The second kappa shape index (κ2) is 8.10. The number of carboxylic acid groups (broad SMARTS) is 1. The van der Waals surface area contributed by atoms with Gasteiger partial charge in [-0.15, -0.1) is 0 Å². The average Bonchev–Trinajstić information content (AvgIpc) is 3.08. The fourth-order valence-electron chi connectivity index (χ4n) is 4.67. The van der Waals surface area contributed by atoms with Gasteiger partial charge in [-0.3, -0.25) is 9.59 Å². The first kappa shape index (κ1) is 22.6. The first-order valence-corrected chi connectivity index (χ1v) is 10.8. The molecule has 2 atom stereocenters. The molecule has 0 unspecified atom stereocenters. The first-order valence-electron chi connectivity index (χ1n) is 10.8. The molecule has 1 aliphatic heterocycles. The molecule has 174 valence electrons. The largest absolute Gasteiger partial charge is 0.490 e. The van der Waals surface area contributed by atoms with Crippen LogP contribution >= 0.6 is 0 Å². The Kier molecular flexibility index (Phi) is 5.56. The van der Waals surface area contributed by atoms with Gasteiger partial charge in [0.2, 0.25) is 0 Å². The van der Waals surface area contributed by atoms with Gasteiger partial charge in [0.15, 0.2) is 5.60 Å². The summed E-state index contributed by atoms with van der Waals surface area (Å²) in [7, 11) is 0. The molecule has 1 aliphatic carbocycles. The molecule has 4 rings (SSSR count). The number of anilines is 1. The summed E-state index contributed by atoms with van der Waals surface area (Å²) in [5, 5.41) is 11.8. The van der Waals surface area contributed by atoms with Gasteiger partial charge in [-0.2, -0.15) is 0 Å². The molecule has 33 heavy (non-hydrogen) atoms. The number of nitrogens with one attached hydrogen (secondary N) is 1. The predicted octanol–water partition coefficient (Wildman–Crippen LogP) is 3.90. The van der Waals surface area contributed by atoms with Gasteiger partial charge in [0.1, 0.15) is 24.7 Å². The second-order valence-electron chi connectivity index (χ2n) is 9.15. The molecule has 8 heteroatoms. The van der Waals surface area contributed by atoms with Gasteiger partial charge in [0.05, 0.1) is 16.7 Å². The van der Waals surface area contributed by atoms with Gasteiger partial charge >= 0.3 is 11.9 Å². The number of carbonyl (C=O) groups excluding carboxylic acids is 2. The third kappa shape index (κ3) is 3.59. The summed E-state index contributed by atoms with van der Waals surface area (Å²) in [6.45, 7) is 6.11. The zero-order valence-corrected chi connectivity index (χ0v) is 18.8. The maximum atomic E-state index is 13.3. The van der Waals surface area contributed by atoms with E-state index >= 15 is 0 Å². The third-order valence-electron chi connectivity index (χ3n) is 7.30. The number of carboxylic acids is 1. The highest BCUT2D eigenvalue weighted by molar-refractivity contribution is 6.04. The molecule has 1 saturated heterocycles. The van der Waals surface area contributed by atoms with Crippen molar-refractivity contribution in [2.45, 2.75) is 39.2 Å². The number of aromatic carboxylic acids is 1. The molecule has 0 aromatic heterocycles. The zero-order valence-electron chi connectivity index (χ0n) is 18.8. The maximum absolute atomic E-state index is 13.3. The molecule has 2 aliphatic rings. The molecule has 2 aromatic carbocycles. The van der Waals surface area contributed by atoms with E-state index in [0.29, 0.717) is 30.0 Å². The van der Waals surface area contributed by atoms with E-state index in [9.17, 15) is 14.4 Å². The highest BCUT2D eigenvalue weighted by Gasteiger charge is 2.75. The summed E-state index contributed by atoms with van der Waals surface area (Å²) in [6, 6.07) is 13.1. The molecule has 1 amide bonds. The van der Waals surface area contributed by atoms with Crippen LogP contribution in [0.1, 0.15) is 44.0 Å².